The smallest absolute Gasteiger partial charge is 0.143 e. The van der Waals surface area contributed by atoms with Crippen molar-refractivity contribution in [3.05, 3.63) is 142 Å². The first-order valence-electron chi connectivity index (χ1n) is 11.1. The van der Waals surface area contributed by atoms with E-state index in [0.717, 1.165) is 26.4 Å². The van der Waals surface area contributed by atoms with Crippen LogP contribution in [0, 0.1) is 0 Å². The number of fused-ring (bicyclic) bond motifs is 7. The van der Waals surface area contributed by atoms with Gasteiger partial charge in [-0.05, 0) is 46.0 Å². The fourth-order valence-corrected chi connectivity index (χ4v) is 6.14. The van der Waals surface area contributed by atoms with Gasteiger partial charge in [-0.25, -0.2) is 0 Å². The Morgan fingerprint density at radius 3 is 2.21 bits per heavy atom. The molecule has 1 aliphatic carbocycles. The van der Waals surface area contributed by atoms with Gasteiger partial charge in [0.25, 0.3) is 0 Å². The van der Waals surface area contributed by atoms with Crippen LogP contribution in [0.25, 0.3) is 33.1 Å². The quantitative estimate of drug-likeness (QED) is 0.238. The van der Waals surface area contributed by atoms with Crippen molar-refractivity contribution in [3.63, 3.8) is 0 Å². The number of halogens is 1. The average molecular weight is 487 g/mol. The van der Waals surface area contributed by atoms with Crippen molar-refractivity contribution in [1.82, 2.24) is 0 Å². The molecule has 5 aromatic carbocycles. The molecule has 33 heavy (non-hydrogen) atoms. The van der Waals surface area contributed by atoms with Crippen LogP contribution in [-0.2, 0) is 5.41 Å². The summed E-state index contributed by atoms with van der Waals surface area (Å²) in [5, 5.41) is 2.32. The van der Waals surface area contributed by atoms with E-state index >= 15 is 0 Å². The maximum absolute atomic E-state index is 6.53. The summed E-state index contributed by atoms with van der Waals surface area (Å²) in [5.74, 6) is 0. The zero-order valence-corrected chi connectivity index (χ0v) is 19.3. The minimum atomic E-state index is -0.426. The van der Waals surface area contributed by atoms with Crippen molar-refractivity contribution >= 4 is 37.9 Å². The lowest BCUT2D eigenvalue weighted by Gasteiger charge is -2.34. The third kappa shape index (κ3) is 2.47. The van der Waals surface area contributed by atoms with Crippen LogP contribution >= 0.6 is 15.9 Å². The van der Waals surface area contributed by atoms with Crippen molar-refractivity contribution in [2.45, 2.75) is 5.41 Å². The highest BCUT2D eigenvalue weighted by Crippen LogP contribution is 2.58. The van der Waals surface area contributed by atoms with Gasteiger partial charge in [-0.3, -0.25) is 0 Å². The van der Waals surface area contributed by atoms with E-state index in [2.05, 4.69) is 125 Å². The Morgan fingerprint density at radius 1 is 0.576 bits per heavy atom. The topological polar surface area (TPSA) is 13.1 Å². The summed E-state index contributed by atoms with van der Waals surface area (Å²) >= 11 is 3.73. The molecule has 1 aliphatic rings. The summed E-state index contributed by atoms with van der Waals surface area (Å²) in [6.07, 6.45) is 0. The van der Waals surface area contributed by atoms with Gasteiger partial charge in [0.05, 0.1) is 5.41 Å². The molecule has 1 nitrogen and oxygen atoms in total. The van der Waals surface area contributed by atoms with Crippen molar-refractivity contribution in [2.75, 3.05) is 0 Å². The van der Waals surface area contributed by atoms with Crippen molar-refractivity contribution in [1.29, 1.82) is 0 Å². The first-order valence-corrected chi connectivity index (χ1v) is 11.9. The summed E-state index contributed by atoms with van der Waals surface area (Å²) in [5.41, 5.74) is 8.95. The third-order valence-corrected chi connectivity index (χ3v) is 7.51. The Hall–Kier alpha value is -3.62. The lowest BCUT2D eigenvalue weighted by atomic mass is 9.67. The van der Waals surface area contributed by atoms with Crippen LogP contribution in [0.2, 0.25) is 0 Å². The van der Waals surface area contributed by atoms with Gasteiger partial charge >= 0.3 is 0 Å². The zero-order valence-electron chi connectivity index (χ0n) is 17.8. The van der Waals surface area contributed by atoms with E-state index in [1.807, 2.05) is 6.07 Å². The molecule has 2 heteroatoms. The predicted molar refractivity (Wildman–Crippen MR) is 139 cm³/mol. The minimum absolute atomic E-state index is 0.426. The predicted octanol–water partition coefficient (Wildman–Crippen LogP) is 8.71. The second-order valence-electron chi connectivity index (χ2n) is 8.63. The van der Waals surface area contributed by atoms with E-state index < -0.39 is 5.41 Å². The minimum Gasteiger partial charge on any atom is -0.455 e. The van der Waals surface area contributed by atoms with Crippen LogP contribution in [0.15, 0.2) is 124 Å². The highest BCUT2D eigenvalue weighted by atomic mass is 79.9. The standard InChI is InChI=1S/C31H19BrO/c32-22-12-8-11-21(19-22)31(20-9-2-1-3-10-20)26-15-6-4-14-25(26)29-27(31)18-17-24-23-13-5-7-16-28(23)33-30(24)29/h1-19H. The normalized spacial score (nSPS) is 16.8. The van der Waals surface area contributed by atoms with E-state index in [9.17, 15) is 0 Å². The number of furan rings is 1. The van der Waals surface area contributed by atoms with Crippen molar-refractivity contribution in [2.24, 2.45) is 0 Å². The SMILES string of the molecule is Brc1cccc(C2(c3ccccc3)c3ccccc3-c3c2ccc2c3oc3ccccc32)c1. The lowest BCUT2D eigenvalue weighted by Crippen LogP contribution is -2.28. The summed E-state index contributed by atoms with van der Waals surface area (Å²) in [6.45, 7) is 0. The van der Waals surface area contributed by atoms with Crippen LogP contribution < -0.4 is 0 Å². The molecule has 0 saturated heterocycles. The molecular weight excluding hydrogens is 468 g/mol. The van der Waals surface area contributed by atoms with Crippen LogP contribution in [0.4, 0.5) is 0 Å². The van der Waals surface area contributed by atoms with Gasteiger partial charge < -0.3 is 4.42 Å². The number of benzene rings is 5. The van der Waals surface area contributed by atoms with Gasteiger partial charge in [0.2, 0.25) is 0 Å². The second kappa shape index (κ2) is 6.94. The van der Waals surface area contributed by atoms with Gasteiger partial charge in [0.15, 0.2) is 0 Å². The summed E-state index contributed by atoms with van der Waals surface area (Å²) in [7, 11) is 0. The molecule has 6 aromatic rings. The average Bonchev–Trinajstić information content (AvgIpc) is 3.38. The van der Waals surface area contributed by atoms with E-state index in [0.29, 0.717) is 0 Å². The molecule has 0 bridgehead atoms. The van der Waals surface area contributed by atoms with Gasteiger partial charge in [0.1, 0.15) is 11.2 Å². The van der Waals surface area contributed by atoms with Gasteiger partial charge in [-0.1, -0.05) is 113 Å². The molecule has 1 heterocycles. The van der Waals surface area contributed by atoms with Gasteiger partial charge in [0, 0.05) is 20.8 Å². The Kier molecular flexibility index (Phi) is 3.97. The van der Waals surface area contributed by atoms with Gasteiger partial charge in [-0.2, -0.15) is 0 Å². The zero-order chi connectivity index (χ0) is 22.0. The van der Waals surface area contributed by atoms with Crippen molar-refractivity contribution in [3.8, 4) is 11.1 Å². The molecule has 0 radical (unpaired) electrons. The number of rotatable bonds is 2. The number of hydrogen-bond acceptors (Lipinski definition) is 1. The summed E-state index contributed by atoms with van der Waals surface area (Å²) < 4.78 is 7.61. The van der Waals surface area contributed by atoms with Gasteiger partial charge in [-0.15, -0.1) is 0 Å². The molecular formula is C31H19BrO. The lowest BCUT2D eigenvalue weighted by molar-refractivity contribution is 0.669. The van der Waals surface area contributed by atoms with E-state index in [1.165, 1.54) is 33.4 Å². The summed E-state index contributed by atoms with van der Waals surface area (Å²) in [4.78, 5) is 0. The molecule has 156 valence electrons. The fraction of sp³-hybridized carbons (Fsp3) is 0.0323. The maximum atomic E-state index is 6.53. The molecule has 1 unspecified atom stereocenters. The van der Waals surface area contributed by atoms with E-state index in [1.54, 1.807) is 0 Å². The molecule has 0 amide bonds. The molecule has 1 aromatic heterocycles. The molecule has 0 fully saturated rings. The highest BCUT2D eigenvalue weighted by molar-refractivity contribution is 9.10. The summed E-state index contributed by atoms with van der Waals surface area (Å²) in [6, 6.07) is 41.2. The fourth-order valence-electron chi connectivity index (χ4n) is 5.74. The molecule has 7 rings (SSSR count). The largest absolute Gasteiger partial charge is 0.455 e. The first-order chi connectivity index (χ1) is 16.3. The van der Waals surface area contributed by atoms with E-state index in [-0.39, 0.29) is 0 Å². The Labute approximate surface area is 200 Å². The van der Waals surface area contributed by atoms with Crippen LogP contribution in [0.3, 0.4) is 0 Å². The van der Waals surface area contributed by atoms with E-state index in [4.69, 9.17) is 4.42 Å². The molecule has 1 atom stereocenters. The number of hydrogen-bond donors (Lipinski definition) is 0. The Balaban J connectivity index is 1.71. The van der Waals surface area contributed by atoms with Crippen LogP contribution in [-0.4, -0.2) is 0 Å². The molecule has 0 saturated carbocycles. The Morgan fingerprint density at radius 2 is 1.33 bits per heavy atom. The van der Waals surface area contributed by atoms with Crippen LogP contribution in [0.1, 0.15) is 22.3 Å². The van der Waals surface area contributed by atoms with Crippen LogP contribution in [0.5, 0.6) is 0 Å². The molecule has 0 aliphatic heterocycles. The van der Waals surface area contributed by atoms with Crippen molar-refractivity contribution < 1.29 is 4.42 Å². The Bertz CT molecular complexity index is 1680. The number of para-hydroxylation sites is 1. The highest BCUT2D eigenvalue weighted by Gasteiger charge is 2.47. The molecule has 0 spiro atoms. The maximum Gasteiger partial charge on any atom is 0.143 e. The monoisotopic (exact) mass is 486 g/mol. The second-order valence-corrected chi connectivity index (χ2v) is 9.55. The first kappa shape index (κ1) is 18.9. The third-order valence-electron chi connectivity index (χ3n) is 7.02. The molecule has 0 N–H and O–H groups in total.